The largest absolute Gasteiger partial charge is 0.350 e. The molecule has 4 amide bonds. The molecule has 0 fully saturated rings. The molecule has 0 aliphatic carbocycles. The SMILES string of the molecule is CN(C)CCCCC(NC(=O)CNC(=O)C(Cc1ccccc1)NC(=O)CN)C(=O)NCc1ccncc1. The van der Waals surface area contributed by atoms with Gasteiger partial charge in [-0.15, -0.1) is 0 Å². The number of nitrogens with zero attached hydrogens (tertiary/aromatic N) is 2. The molecule has 0 radical (unpaired) electrons. The summed E-state index contributed by atoms with van der Waals surface area (Å²) in [6.45, 7) is 0.578. The first-order valence-electron chi connectivity index (χ1n) is 12.7. The van der Waals surface area contributed by atoms with E-state index in [2.05, 4.69) is 31.2 Å². The van der Waals surface area contributed by atoms with Gasteiger partial charge in [0.05, 0.1) is 13.1 Å². The number of hydrogen-bond acceptors (Lipinski definition) is 7. The maximum Gasteiger partial charge on any atom is 0.243 e. The lowest BCUT2D eigenvalue weighted by Crippen LogP contribution is -2.53. The summed E-state index contributed by atoms with van der Waals surface area (Å²) in [5.41, 5.74) is 7.13. The number of unbranched alkanes of at least 4 members (excludes halogenated alkanes) is 1. The average molecular weight is 526 g/mol. The first-order chi connectivity index (χ1) is 18.3. The van der Waals surface area contributed by atoms with Gasteiger partial charge in [-0.1, -0.05) is 30.3 Å². The number of carbonyl (C=O) groups excluding carboxylic acids is 4. The molecule has 0 bridgehead atoms. The fraction of sp³-hybridized carbons (Fsp3) is 0.444. The van der Waals surface area contributed by atoms with Gasteiger partial charge in [0.25, 0.3) is 0 Å². The Labute approximate surface area is 223 Å². The Hall–Kier alpha value is -3.83. The second-order valence-corrected chi connectivity index (χ2v) is 9.22. The van der Waals surface area contributed by atoms with Crippen LogP contribution in [-0.4, -0.2) is 79.3 Å². The average Bonchev–Trinajstić information content (AvgIpc) is 2.92. The fourth-order valence-electron chi connectivity index (χ4n) is 3.71. The molecule has 0 aliphatic rings. The molecule has 2 rings (SSSR count). The highest BCUT2D eigenvalue weighted by Crippen LogP contribution is 2.05. The molecule has 11 nitrogen and oxygen atoms in total. The number of carbonyl (C=O) groups is 4. The highest BCUT2D eigenvalue weighted by Gasteiger charge is 2.23. The van der Waals surface area contributed by atoms with Crippen LogP contribution < -0.4 is 27.0 Å². The smallest absolute Gasteiger partial charge is 0.243 e. The molecule has 0 saturated heterocycles. The Balaban J connectivity index is 1.95. The van der Waals surface area contributed by atoms with Gasteiger partial charge in [-0.05, 0) is 63.2 Å². The lowest BCUT2D eigenvalue weighted by atomic mass is 10.1. The van der Waals surface area contributed by atoms with Crippen LogP contribution in [0.15, 0.2) is 54.9 Å². The van der Waals surface area contributed by atoms with Crippen LogP contribution in [0.3, 0.4) is 0 Å². The van der Waals surface area contributed by atoms with Crippen molar-refractivity contribution in [3.05, 3.63) is 66.0 Å². The van der Waals surface area contributed by atoms with Crippen molar-refractivity contribution in [1.29, 1.82) is 0 Å². The molecule has 0 saturated carbocycles. The fourth-order valence-corrected chi connectivity index (χ4v) is 3.71. The second-order valence-electron chi connectivity index (χ2n) is 9.22. The number of aromatic nitrogens is 1. The number of pyridine rings is 1. The standard InChI is InChI=1S/C27H39N7O4/c1-34(2)15-7-6-10-22(26(37)30-18-21-11-13-29-14-12-21)32-25(36)19-31-27(38)23(33-24(35)17-28)16-20-8-4-3-5-9-20/h3-5,8-9,11-14,22-23H,6-7,10,15-19,28H2,1-2H3,(H,30,37)(H,31,38)(H,32,36)(H,33,35). The summed E-state index contributed by atoms with van der Waals surface area (Å²) in [5.74, 6) is -1.80. The molecular weight excluding hydrogens is 486 g/mol. The van der Waals surface area contributed by atoms with Gasteiger partial charge >= 0.3 is 0 Å². The molecule has 11 heteroatoms. The first-order valence-corrected chi connectivity index (χ1v) is 12.7. The number of benzene rings is 1. The molecule has 1 heterocycles. The lowest BCUT2D eigenvalue weighted by molar-refractivity contribution is -0.131. The molecule has 6 N–H and O–H groups in total. The zero-order chi connectivity index (χ0) is 27.8. The van der Waals surface area contributed by atoms with Crippen LogP contribution in [-0.2, 0) is 32.1 Å². The lowest BCUT2D eigenvalue weighted by Gasteiger charge is -2.21. The summed E-state index contributed by atoms with van der Waals surface area (Å²) in [6.07, 6.45) is 5.60. The predicted octanol–water partition coefficient (Wildman–Crippen LogP) is -0.283. The van der Waals surface area contributed by atoms with Gasteiger partial charge in [0.2, 0.25) is 23.6 Å². The van der Waals surface area contributed by atoms with Crippen LogP contribution in [0.25, 0.3) is 0 Å². The van der Waals surface area contributed by atoms with E-state index in [-0.39, 0.29) is 25.4 Å². The van der Waals surface area contributed by atoms with Crippen molar-refractivity contribution >= 4 is 23.6 Å². The van der Waals surface area contributed by atoms with E-state index in [0.717, 1.165) is 30.5 Å². The molecule has 1 aromatic carbocycles. The zero-order valence-electron chi connectivity index (χ0n) is 22.1. The Kier molecular flexibility index (Phi) is 13.5. The number of hydrogen-bond donors (Lipinski definition) is 5. The van der Waals surface area contributed by atoms with E-state index < -0.39 is 29.8 Å². The molecule has 38 heavy (non-hydrogen) atoms. The van der Waals surface area contributed by atoms with E-state index in [1.165, 1.54) is 0 Å². The molecule has 1 aromatic heterocycles. The zero-order valence-corrected chi connectivity index (χ0v) is 22.1. The Morgan fingerprint density at radius 1 is 0.842 bits per heavy atom. The van der Waals surface area contributed by atoms with Crippen molar-refractivity contribution in [3.63, 3.8) is 0 Å². The second kappa shape index (κ2) is 16.8. The Bertz CT molecular complexity index is 1020. The topological polar surface area (TPSA) is 159 Å². The van der Waals surface area contributed by atoms with Crippen molar-refractivity contribution in [1.82, 2.24) is 31.2 Å². The summed E-state index contributed by atoms with van der Waals surface area (Å²) in [4.78, 5) is 56.3. The molecule has 0 spiro atoms. The van der Waals surface area contributed by atoms with Gasteiger partial charge in [-0.3, -0.25) is 24.2 Å². The summed E-state index contributed by atoms with van der Waals surface area (Å²) in [7, 11) is 3.95. The number of nitrogens with two attached hydrogens (primary N) is 1. The van der Waals surface area contributed by atoms with Crippen LogP contribution in [0.4, 0.5) is 0 Å². The molecular formula is C27H39N7O4. The van der Waals surface area contributed by atoms with Gasteiger partial charge in [0.1, 0.15) is 12.1 Å². The van der Waals surface area contributed by atoms with E-state index >= 15 is 0 Å². The van der Waals surface area contributed by atoms with Gasteiger partial charge < -0.3 is 31.9 Å². The highest BCUT2D eigenvalue weighted by molar-refractivity contribution is 5.92. The predicted molar refractivity (Wildman–Crippen MR) is 145 cm³/mol. The third kappa shape index (κ3) is 11.9. The molecule has 0 aliphatic heterocycles. The minimum absolute atomic E-state index is 0.242. The van der Waals surface area contributed by atoms with Crippen LogP contribution >= 0.6 is 0 Å². The minimum atomic E-state index is -0.897. The van der Waals surface area contributed by atoms with Gasteiger partial charge in [0.15, 0.2) is 0 Å². The number of rotatable bonds is 16. The van der Waals surface area contributed by atoms with Gasteiger partial charge in [0, 0.05) is 25.4 Å². The molecule has 2 unspecified atom stereocenters. The summed E-state index contributed by atoms with van der Waals surface area (Å²) in [5, 5.41) is 10.8. The summed E-state index contributed by atoms with van der Waals surface area (Å²) in [6, 6.07) is 11.2. The van der Waals surface area contributed by atoms with E-state index in [0.29, 0.717) is 13.0 Å². The third-order valence-electron chi connectivity index (χ3n) is 5.76. The van der Waals surface area contributed by atoms with Gasteiger partial charge in [-0.2, -0.15) is 0 Å². The van der Waals surface area contributed by atoms with E-state index in [1.807, 2.05) is 44.4 Å². The van der Waals surface area contributed by atoms with Crippen molar-refractivity contribution < 1.29 is 19.2 Å². The Morgan fingerprint density at radius 3 is 2.16 bits per heavy atom. The molecule has 206 valence electrons. The molecule has 2 atom stereocenters. The van der Waals surface area contributed by atoms with Crippen molar-refractivity contribution in [2.24, 2.45) is 5.73 Å². The normalized spacial score (nSPS) is 12.3. The monoisotopic (exact) mass is 525 g/mol. The Morgan fingerprint density at radius 2 is 1.50 bits per heavy atom. The quantitative estimate of drug-likeness (QED) is 0.189. The van der Waals surface area contributed by atoms with E-state index in [1.54, 1.807) is 24.5 Å². The van der Waals surface area contributed by atoms with Crippen LogP contribution in [0.1, 0.15) is 30.4 Å². The van der Waals surface area contributed by atoms with E-state index in [4.69, 9.17) is 5.73 Å². The van der Waals surface area contributed by atoms with Gasteiger partial charge in [-0.25, -0.2) is 0 Å². The van der Waals surface area contributed by atoms with Crippen LogP contribution in [0.2, 0.25) is 0 Å². The number of nitrogens with one attached hydrogen (secondary N) is 4. The number of amides is 4. The van der Waals surface area contributed by atoms with Crippen molar-refractivity contribution in [2.45, 2.75) is 44.3 Å². The maximum atomic E-state index is 12.9. The molecule has 2 aromatic rings. The maximum absolute atomic E-state index is 12.9. The highest BCUT2D eigenvalue weighted by atomic mass is 16.2. The van der Waals surface area contributed by atoms with Crippen LogP contribution in [0.5, 0.6) is 0 Å². The van der Waals surface area contributed by atoms with Crippen molar-refractivity contribution in [2.75, 3.05) is 33.7 Å². The van der Waals surface area contributed by atoms with Crippen molar-refractivity contribution in [3.8, 4) is 0 Å². The third-order valence-corrected chi connectivity index (χ3v) is 5.76. The minimum Gasteiger partial charge on any atom is -0.350 e. The first kappa shape index (κ1) is 30.4. The summed E-state index contributed by atoms with van der Waals surface area (Å²) >= 11 is 0. The van der Waals surface area contributed by atoms with Crippen LogP contribution in [0, 0.1) is 0 Å². The summed E-state index contributed by atoms with van der Waals surface area (Å²) < 4.78 is 0. The van der Waals surface area contributed by atoms with E-state index in [9.17, 15) is 19.2 Å².